The van der Waals surface area contributed by atoms with E-state index in [0.29, 0.717) is 6.04 Å². The summed E-state index contributed by atoms with van der Waals surface area (Å²) < 4.78 is 0. The standard InChI is InChI=1S/C14H27N3O2/c1-4-12-7-5-6-8-17(12)14(19)10-16(11(2)3)9-13(15)18/h11-12H,4-10H2,1-3H3,(H2,15,18). The van der Waals surface area contributed by atoms with Crippen LogP contribution in [0.15, 0.2) is 0 Å². The predicted molar refractivity (Wildman–Crippen MR) is 75.5 cm³/mol. The van der Waals surface area contributed by atoms with Crippen molar-refractivity contribution in [2.45, 2.75) is 58.5 Å². The van der Waals surface area contributed by atoms with Crippen LogP contribution in [-0.4, -0.2) is 53.3 Å². The van der Waals surface area contributed by atoms with Crippen molar-refractivity contribution < 1.29 is 9.59 Å². The number of amides is 2. The molecule has 0 saturated carbocycles. The van der Waals surface area contributed by atoms with Gasteiger partial charge in [0.1, 0.15) is 0 Å². The Morgan fingerprint density at radius 1 is 1.32 bits per heavy atom. The summed E-state index contributed by atoms with van der Waals surface area (Å²) in [6.07, 6.45) is 4.39. The average Bonchev–Trinajstić information content (AvgIpc) is 2.37. The van der Waals surface area contributed by atoms with Crippen LogP contribution in [-0.2, 0) is 9.59 Å². The smallest absolute Gasteiger partial charge is 0.237 e. The van der Waals surface area contributed by atoms with Gasteiger partial charge in [0.15, 0.2) is 0 Å². The fourth-order valence-corrected chi connectivity index (χ4v) is 2.64. The molecule has 1 aliphatic rings. The normalized spacial score (nSPS) is 20.1. The molecule has 1 fully saturated rings. The Hall–Kier alpha value is -1.10. The van der Waals surface area contributed by atoms with E-state index in [9.17, 15) is 9.59 Å². The lowest BCUT2D eigenvalue weighted by molar-refractivity contribution is -0.137. The Balaban J connectivity index is 2.61. The van der Waals surface area contributed by atoms with Crippen molar-refractivity contribution in [3.8, 4) is 0 Å². The van der Waals surface area contributed by atoms with E-state index in [-0.39, 0.29) is 30.9 Å². The third kappa shape index (κ3) is 4.82. The van der Waals surface area contributed by atoms with Gasteiger partial charge in [-0.2, -0.15) is 0 Å². The van der Waals surface area contributed by atoms with Gasteiger partial charge < -0.3 is 10.6 Å². The van der Waals surface area contributed by atoms with Crippen LogP contribution in [0.2, 0.25) is 0 Å². The van der Waals surface area contributed by atoms with E-state index in [4.69, 9.17) is 5.73 Å². The van der Waals surface area contributed by atoms with Crippen molar-refractivity contribution in [3.05, 3.63) is 0 Å². The van der Waals surface area contributed by atoms with Crippen molar-refractivity contribution in [1.82, 2.24) is 9.80 Å². The largest absolute Gasteiger partial charge is 0.369 e. The molecular formula is C14H27N3O2. The van der Waals surface area contributed by atoms with Crippen LogP contribution in [0.3, 0.4) is 0 Å². The van der Waals surface area contributed by atoms with E-state index in [0.717, 1.165) is 25.8 Å². The molecule has 5 nitrogen and oxygen atoms in total. The zero-order valence-corrected chi connectivity index (χ0v) is 12.4. The highest BCUT2D eigenvalue weighted by Crippen LogP contribution is 2.19. The van der Waals surface area contributed by atoms with Crippen molar-refractivity contribution >= 4 is 11.8 Å². The molecule has 1 unspecified atom stereocenters. The summed E-state index contributed by atoms with van der Waals surface area (Å²) in [6.45, 7) is 7.36. The van der Waals surface area contributed by atoms with Gasteiger partial charge in [0.2, 0.25) is 11.8 Å². The minimum absolute atomic E-state index is 0.126. The number of nitrogens with zero attached hydrogens (tertiary/aromatic N) is 2. The maximum atomic E-state index is 12.4. The van der Waals surface area contributed by atoms with E-state index < -0.39 is 0 Å². The molecule has 1 heterocycles. The molecule has 1 atom stereocenters. The van der Waals surface area contributed by atoms with Crippen molar-refractivity contribution in [2.24, 2.45) is 5.73 Å². The number of likely N-dealkylation sites (tertiary alicyclic amines) is 1. The Morgan fingerprint density at radius 2 is 2.00 bits per heavy atom. The van der Waals surface area contributed by atoms with Gasteiger partial charge >= 0.3 is 0 Å². The zero-order valence-electron chi connectivity index (χ0n) is 12.4. The van der Waals surface area contributed by atoms with Gasteiger partial charge in [0.05, 0.1) is 13.1 Å². The first kappa shape index (κ1) is 16.0. The van der Waals surface area contributed by atoms with Gasteiger partial charge in [-0.25, -0.2) is 0 Å². The summed E-state index contributed by atoms with van der Waals surface area (Å²) in [5.41, 5.74) is 5.23. The minimum Gasteiger partial charge on any atom is -0.369 e. The molecule has 19 heavy (non-hydrogen) atoms. The second-order valence-corrected chi connectivity index (χ2v) is 5.61. The van der Waals surface area contributed by atoms with Crippen molar-refractivity contribution in [3.63, 3.8) is 0 Å². The van der Waals surface area contributed by atoms with Crippen LogP contribution in [0, 0.1) is 0 Å². The molecule has 0 aliphatic carbocycles. The number of hydrogen-bond donors (Lipinski definition) is 1. The number of carbonyl (C=O) groups excluding carboxylic acids is 2. The quantitative estimate of drug-likeness (QED) is 0.781. The summed E-state index contributed by atoms with van der Waals surface area (Å²) in [5.74, 6) is -0.256. The molecular weight excluding hydrogens is 242 g/mol. The lowest BCUT2D eigenvalue weighted by Crippen LogP contribution is -2.50. The first-order chi connectivity index (χ1) is 8.95. The first-order valence-corrected chi connectivity index (χ1v) is 7.27. The Morgan fingerprint density at radius 3 is 2.53 bits per heavy atom. The molecule has 0 radical (unpaired) electrons. The molecule has 0 aromatic heterocycles. The van der Waals surface area contributed by atoms with Crippen molar-refractivity contribution in [2.75, 3.05) is 19.6 Å². The summed E-state index contributed by atoms with van der Waals surface area (Å²) >= 11 is 0. The topological polar surface area (TPSA) is 66.6 Å². The number of hydrogen-bond acceptors (Lipinski definition) is 3. The number of nitrogens with two attached hydrogens (primary N) is 1. The number of carbonyl (C=O) groups is 2. The summed E-state index contributed by atoms with van der Waals surface area (Å²) in [6, 6.07) is 0.505. The maximum absolute atomic E-state index is 12.4. The van der Waals surface area contributed by atoms with E-state index in [1.165, 1.54) is 6.42 Å². The fraction of sp³-hybridized carbons (Fsp3) is 0.857. The second-order valence-electron chi connectivity index (χ2n) is 5.61. The van der Waals surface area contributed by atoms with Gasteiger partial charge in [-0.05, 0) is 39.5 Å². The van der Waals surface area contributed by atoms with Crippen LogP contribution >= 0.6 is 0 Å². The summed E-state index contributed by atoms with van der Waals surface area (Å²) in [4.78, 5) is 27.3. The molecule has 0 spiro atoms. The fourth-order valence-electron chi connectivity index (χ4n) is 2.64. The molecule has 1 rings (SSSR count). The molecule has 1 aliphatic heterocycles. The van der Waals surface area contributed by atoms with Crippen LogP contribution in [0.1, 0.15) is 46.5 Å². The average molecular weight is 269 g/mol. The maximum Gasteiger partial charge on any atom is 0.237 e. The zero-order chi connectivity index (χ0) is 14.4. The molecule has 0 aromatic carbocycles. The summed E-state index contributed by atoms with van der Waals surface area (Å²) in [5, 5.41) is 0. The second kappa shape index (κ2) is 7.48. The third-order valence-corrected chi connectivity index (χ3v) is 3.85. The van der Waals surface area contributed by atoms with Crippen LogP contribution in [0.4, 0.5) is 0 Å². The monoisotopic (exact) mass is 269 g/mol. The lowest BCUT2D eigenvalue weighted by atomic mass is 10.00. The molecule has 2 N–H and O–H groups in total. The molecule has 2 amide bonds. The lowest BCUT2D eigenvalue weighted by Gasteiger charge is -2.37. The molecule has 0 aromatic rings. The number of piperidine rings is 1. The van der Waals surface area contributed by atoms with Gasteiger partial charge in [-0.15, -0.1) is 0 Å². The Bertz CT molecular complexity index is 318. The van der Waals surface area contributed by atoms with Crippen LogP contribution in [0.25, 0.3) is 0 Å². The van der Waals surface area contributed by atoms with Gasteiger partial charge in [-0.1, -0.05) is 6.92 Å². The molecule has 1 saturated heterocycles. The first-order valence-electron chi connectivity index (χ1n) is 7.27. The van der Waals surface area contributed by atoms with Gasteiger partial charge in [-0.3, -0.25) is 14.5 Å². The summed E-state index contributed by atoms with van der Waals surface area (Å²) in [7, 11) is 0. The van der Waals surface area contributed by atoms with E-state index in [1.807, 2.05) is 23.6 Å². The van der Waals surface area contributed by atoms with Crippen molar-refractivity contribution in [1.29, 1.82) is 0 Å². The number of rotatable bonds is 6. The van der Waals surface area contributed by atoms with E-state index in [1.54, 1.807) is 0 Å². The SMILES string of the molecule is CCC1CCCCN1C(=O)CN(CC(N)=O)C(C)C. The predicted octanol–water partition coefficient (Wildman–Crippen LogP) is 0.973. The Kier molecular flexibility index (Phi) is 6.28. The van der Waals surface area contributed by atoms with Crippen LogP contribution in [0.5, 0.6) is 0 Å². The third-order valence-electron chi connectivity index (χ3n) is 3.85. The van der Waals surface area contributed by atoms with Gasteiger partial charge in [0.25, 0.3) is 0 Å². The van der Waals surface area contributed by atoms with Crippen LogP contribution < -0.4 is 5.73 Å². The molecule has 5 heteroatoms. The van der Waals surface area contributed by atoms with E-state index >= 15 is 0 Å². The highest BCUT2D eigenvalue weighted by atomic mass is 16.2. The highest BCUT2D eigenvalue weighted by Gasteiger charge is 2.27. The molecule has 110 valence electrons. The van der Waals surface area contributed by atoms with E-state index in [2.05, 4.69) is 6.92 Å². The number of primary amides is 1. The minimum atomic E-state index is -0.382. The highest BCUT2D eigenvalue weighted by molar-refractivity contribution is 5.80. The molecule has 0 bridgehead atoms. The van der Waals surface area contributed by atoms with Gasteiger partial charge in [0, 0.05) is 18.6 Å². The Labute approximate surface area is 116 Å².